The molecule has 1 heterocycles. The van der Waals surface area contributed by atoms with Gasteiger partial charge in [0.1, 0.15) is 0 Å². The second-order valence-electron chi connectivity index (χ2n) is 1.79. The molecule has 0 saturated heterocycles. The van der Waals surface area contributed by atoms with Crippen LogP contribution in [0.25, 0.3) is 0 Å². The van der Waals surface area contributed by atoms with Gasteiger partial charge in [-0.3, -0.25) is 0 Å². The number of methoxy groups -OCH3 is 1. The van der Waals surface area contributed by atoms with Gasteiger partial charge in [-0.25, -0.2) is 4.98 Å². The Morgan fingerprint density at radius 2 is 2.30 bits per heavy atom. The highest BCUT2D eigenvalue weighted by Gasteiger charge is 1.98. The molecular weight excluding hydrogens is 152 g/mol. The molecule has 0 amide bonds. The van der Waals surface area contributed by atoms with E-state index in [4.69, 9.17) is 16.3 Å². The average molecular weight is 159 g/mol. The molecule has 0 radical (unpaired) electrons. The van der Waals surface area contributed by atoms with E-state index in [-0.39, 0.29) is 0 Å². The number of hydrogen-bond donors (Lipinski definition) is 0. The third kappa shape index (κ3) is 1.36. The van der Waals surface area contributed by atoms with Crippen LogP contribution in [0.4, 0.5) is 0 Å². The molecule has 1 aromatic rings. The molecule has 4 heteroatoms. The molecule has 0 N–H and O–H groups in total. The molecular formula is C6H7ClN2O. The first kappa shape index (κ1) is 7.28. The van der Waals surface area contributed by atoms with Crippen LogP contribution < -0.4 is 4.74 Å². The minimum absolute atomic E-state index is 0.349. The van der Waals surface area contributed by atoms with Crippen molar-refractivity contribution in [2.75, 3.05) is 7.11 Å². The summed E-state index contributed by atoms with van der Waals surface area (Å²) in [5, 5.41) is 0.556. The van der Waals surface area contributed by atoms with E-state index in [0.29, 0.717) is 11.0 Å². The summed E-state index contributed by atoms with van der Waals surface area (Å²) in [6.07, 6.45) is 1.52. The minimum Gasteiger partial charge on any atom is -0.467 e. The van der Waals surface area contributed by atoms with Crippen LogP contribution in [0.2, 0.25) is 5.02 Å². The summed E-state index contributed by atoms with van der Waals surface area (Å²) in [5.74, 6) is 0. The molecule has 1 rings (SSSR count). The zero-order chi connectivity index (χ0) is 7.56. The lowest BCUT2D eigenvalue weighted by Gasteiger charge is -1.98. The van der Waals surface area contributed by atoms with Crippen molar-refractivity contribution >= 4 is 11.6 Å². The maximum atomic E-state index is 5.66. The molecule has 0 saturated carbocycles. The van der Waals surface area contributed by atoms with E-state index in [1.165, 1.54) is 13.3 Å². The Kier molecular flexibility index (Phi) is 2.06. The first-order valence-corrected chi connectivity index (χ1v) is 3.15. The Balaban J connectivity index is 3.04. The third-order valence-corrected chi connectivity index (χ3v) is 1.45. The maximum absolute atomic E-state index is 5.66. The molecule has 0 aromatic carbocycles. The fourth-order valence-corrected chi connectivity index (χ4v) is 0.620. The van der Waals surface area contributed by atoms with Gasteiger partial charge in [0.15, 0.2) is 0 Å². The normalized spacial score (nSPS) is 9.50. The van der Waals surface area contributed by atoms with Crippen molar-refractivity contribution in [3.63, 3.8) is 0 Å². The smallest absolute Gasteiger partial charge is 0.316 e. The molecule has 54 valence electrons. The van der Waals surface area contributed by atoms with Gasteiger partial charge < -0.3 is 4.74 Å². The van der Waals surface area contributed by atoms with Crippen LogP contribution in [0.3, 0.4) is 0 Å². The summed E-state index contributed by atoms with van der Waals surface area (Å²) in [6, 6.07) is 0.349. The summed E-state index contributed by atoms with van der Waals surface area (Å²) < 4.78 is 4.77. The molecule has 10 heavy (non-hydrogen) atoms. The summed E-state index contributed by atoms with van der Waals surface area (Å²) in [5.41, 5.74) is 0.730. The minimum atomic E-state index is 0.349. The highest BCUT2D eigenvalue weighted by Crippen LogP contribution is 2.12. The van der Waals surface area contributed by atoms with Gasteiger partial charge in [-0.2, -0.15) is 4.98 Å². The number of aromatic nitrogens is 2. The number of rotatable bonds is 1. The second-order valence-corrected chi connectivity index (χ2v) is 2.20. The molecule has 0 atom stereocenters. The highest BCUT2D eigenvalue weighted by atomic mass is 35.5. The highest BCUT2D eigenvalue weighted by molar-refractivity contribution is 6.31. The van der Waals surface area contributed by atoms with E-state index in [0.717, 1.165) is 5.69 Å². The molecule has 0 spiro atoms. The molecule has 0 aliphatic heterocycles. The SMILES string of the molecule is COc1ncc(Cl)c(C)n1. The van der Waals surface area contributed by atoms with E-state index < -0.39 is 0 Å². The lowest BCUT2D eigenvalue weighted by molar-refractivity contribution is 0.378. The molecule has 0 bridgehead atoms. The van der Waals surface area contributed by atoms with Crippen molar-refractivity contribution in [1.29, 1.82) is 0 Å². The summed E-state index contributed by atoms with van der Waals surface area (Å²) >= 11 is 5.66. The third-order valence-electron chi connectivity index (χ3n) is 1.08. The number of halogens is 1. The molecule has 1 aromatic heterocycles. The summed E-state index contributed by atoms with van der Waals surface area (Å²) in [6.45, 7) is 1.80. The van der Waals surface area contributed by atoms with Crippen molar-refractivity contribution in [2.24, 2.45) is 0 Å². The Morgan fingerprint density at radius 3 is 2.80 bits per heavy atom. The van der Waals surface area contributed by atoms with E-state index in [1.54, 1.807) is 6.92 Å². The van der Waals surface area contributed by atoms with Crippen LogP contribution in [0.15, 0.2) is 6.20 Å². The Labute approximate surface area is 64.0 Å². The van der Waals surface area contributed by atoms with Gasteiger partial charge in [-0.15, -0.1) is 0 Å². The Hall–Kier alpha value is -0.830. The number of aryl methyl sites for hydroxylation is 1. The van der Waals surface area contributed by atoms with Crippen molar-refractivity contribution in [3.8, 4) is 6.01 Å². The molecule has 0 fully saturated rings. The van der Waals surface area contributed by atoms with Crippen LogP contribution in [0.1, 0.15) is 5.69 Å². The standard InChI is InChI=1S/C6H7ClN2O/c1-4-5(7)3-8-6(9-4)10-2/h3H,1-2H3. The topological polar surface area (TPSA) is 35.0 Å². The Morgan fingerprint density at radius 1 is 1.60 bits per heavy atom. The monoisotopic (exact) mass is 158 g/mol. The van der Waals surface area contributed by atoms with Gasteiger partial charge in [0.2, 0.25) is 0 Å². The predicted octanol–water partition coefficient (Wildman–Crippen LogP) is 1.45. The molecule has 3 nitrogen and oxygen atoms in total. The van der Waals surface area contributed by atoms with Crippen LogP contribution in [-0.4, -0.2) is 17.1 Å². The Bertz CT molecular complexity index is 239. The number of nitrogens with zero attached hydrogens (tertiary/aromatic N) is 2. The van der Waals surface area contributed by atoms with Gasteiger partial charge in [0, 0.05) is 0 Å². The van der Waals surface area contributed by atoms with Crippen LogP contribution in [0, 0.1) is 6.92 Å². The zero-order valence-corrected chi connectivity index (χ0v) is 6.51. The quantitative estimate of drug-likeness (QED) is 0.621. The van der Waals surface area contributed by atoms with Crippen LogP contribution in [0.5, 0.6) is 6.01 Å². The van der Waals surface area contributed by atoms with Crippen molar-refractivity contribution in [2.45, 2.75) is 6.92 Å². The van der Waals surface area contributed by atoms with Crippen molar-refractivity contribution in [1.82, 2.24) is 9.97 Å². The van der Waals surface area contributed by atoms with Gasteiger partial charge >= 0.3 is 6.01 Å². The maximum Gasteiger partial charge on any atom is 0.316 e. The van der Waals surface area contributed by atoms with Crippen LogP contribution in [-0.2, 0) is 0 Å². The lowest BCUT2D eigenvalue weighted by atomic mass is 10.5. The van der Waals surface area contributed by atoms with E-state index >= 15 is 0 Å². The second kappa shape index (κ2) is 2.84. The van der Waals surface area contributed by atoms with Gasteiger partial charge in [-0.1, -0.05) is 11.6 Å². The largest absolute Gasteiger partial charge is 0.467 e. The molecule has 0 unspecified atom stereocenters. The summed E-state index contributed by atoms with van der Waals surface area (Å²) in [7, 11) is 1.52. The van der Waals surface area contributed by atoms with Crippen molar-refractivity contribution in [3.05, 3.63) is 16.9 Å². The number of ether oxygens (including phenoxy) is 1. The first-order chi connectivity index (χ1) is 4.74. The molecule has 0 aliphatic rings. The molecule has 0 aliphatic carbocycles. The van der Waals surface area contributed by atoms with Crippen molar-refractivity contribution < 1.29 is 4.74 Å². The number of hydrogen-bond acceptors (Lipinski definition) is 3. The first-order valence-electron chi connectivity index (χ1n) is 2.77. The van der Waals surface area contributed by atoms with Gasteiger partial charge in [0.05, 0.1) is 24.0 Å². The fourth-order valence-electron chi connectivity index (χ4n) is 0.529. The lowest BCUT2D eigenvalue weighted by Crippen LogP contribution is -1.93. The van der Waals surface area contributed by atoms with Crippen LogP contribution >= 0.6 is 11.6 Å². The predicted molar refractivity (Wildman–Crippen MR) is 38.3 cm³/mol. The summed E-state index contributed by atoms with van der Waals surface area (Å²) in [4.78, 5) is 7.72. The van der Waals surface area contributed by atoms with E-state index in [2.05, 4.69) is 9.97 Å². The average Bonchev–Trinajstić information content (AvgIpc) is 1.95. The van der Waals surface area contributed by atoms with Gasteiger partial charge in [0.25, 0.3) is 0 Å². The van der Waals surface area contributed by atoms with E-state index in [9.17, 15) is 0 Å². The van der Waals surface area contributed by atoms with Gasteiger partial charge in [-0.05, 0) is 6.92 Å². The fraction of sp³-hybridized carbons (Fsp3) is 0.333. The zero-order valence-electron chi connectivity index (χ0n) is 5.76. The van der Waals surface area contributed by atoms with E-state index in [1.807, 2.05) is 0 Å².